The summed E-state index contributed by atoms with van der Waals surface area (Å²) in [6.45, 7) is 2.42. The van der Waals surface area contributed by atoms with E-state index in [0.29, 0.717) is 11.3 Å². The van der Waals surface area contributed by atoms with E-state index in [4.69, 9.17) is 4.74 Å². The molecule has 0 spiro atoms. The van der Waals surface area contributed by atoms with E-state index < -0.39 is 5.97 Å². The lowest BCUT2D eigenvalue weighted by atomic mass is 10.1. The predicted molar refractivity (Wildman–Crippen MR) is 118 cm³/mol. The summed E-state index contributed by atoms with van der Waals surface area (Å²) in [5.74, 6) is -0.966. The minimum atomic E-state index is -0.590. The minimum absolute atomic E-state index is 0.0289. The number of nitrogens with zero attached hydrogens (tertiary/aromatic N) is 1. The average Bonchev–Trinajstić information content (AvgIpc) is 3.27. The Kier molecular flexibility index (Phi) is 6.21. The van der Waals surface area contributed by atoms with Gasteiger partial charge in [-0.1, -0.05) is 30.3 Å². The van der Waals surface area contributed by atoms with Crippen LogP contribution in [0.25, 0.3) is 0 Å². The Labute approximate surface area is 181 Å². The molecule has 2 aliphatic rings. The van der Waals surface area contributed by atoms with Crippen molar-refractivity contribution < 1.29 is 19.1 Å². The number of hydrogen-bond donors (Lipinski definition) is 2. The average molecular weight is 421 g/mol. The molecular weight excluding hydrogens is 394 g/mol. The number of benzene rings is 2. The molecule has 162 valence electrons. The Hall–Kier alpha value is -3.35. The van der Waals surface area contributed by atoms with Gasteiger partial charge in [-0.3, -0.25) is 9.59 Å². The molecule has 31 heavy (non-hydrogen) atoms. The van der Waals surface area contributed by atoms with E-state index >= 15 is 0 Å². The molecule has 0 bridgehead atoms. The van der Waals surface area contributed by atoms with Gasteiger partial charge in [-0.2, -0.15) is 0 Å². The molecule has 1 saturated heterocycles. The lowest BCUT2D eigenvalue weighted by Crippen LogP contribution is -2.43. The molecular formula is C24H27N3O4. The van der Waals surface area contributed by atoms with E-state index in [1.165, 1.54) is 5.56 Å². The van der Waals surface area contributed by atoms with Crippen LogP contribution in [0.3, 0.4) is 0 Å². The number of carbonyl (C=O) groups is 3. The highest BCUT2D eigenvalue weighted by Gasteiger charge is 2.36. The topological polar surface area (TPSA) is 87.7 Å². The van der Waals surface area contributed by atoms with E-state index in [9.17, 15) is 14.4 Å². The molecule has 0 aliphatic carbocycles. The molecule has 2 heterocycles. The maximum Gasteiger partial charge on any atom is 0.338 e. The van der Waals surface area contributed by atoms with E-state index in [2.05, 4.69) is 27.7 Å². The molecule has 2 N–H and O–H groups in total. The number of carbonyl (C=O) groups excluding carboxylic acids is 3. The molecule has 7 nitrogen and oxygen atoms in total. The number of nitrogens with one attached hydrogen (secondary N) is 2. The van der Waals surface area contributed by atoms with Crippen molar-refractivity contribution >= 4 is 29.2 Å². The van der Waals surface area contributed by atoms with E-state index in [1.54, 1.807) is 12.1 Å². The summed E-state index contributed by atoms with van der Waals surface area (Å²) >= 11 is 0. The van der Waals surface area contributed by atoms with Crippen molar-refractivity contribution in [1.82, 2.24) is 5.32 Å². The van der Waals surface area contributed by atoms with E-state index in [1.807, 2.05) is 31.2 Å². The normalized spacial score (nSPS) is 17.9. The second kappa shape index (κ2) is 9.20. The Morgan fingerprint density at radius 1 is 1.23 bits per heavy atom. The van der Waals surface area contributed by atoms with E-state index in [-0.39, 0.29) is 30.5 Å². The van der Waals surface area contributed by atoms with Crippen molar-refractivity contribution in [3.8, 4) is 0 Å². The smallest absolute Gasteiger partial charge is 0.338 e. The van der Waals surface area contributed by atoms with Crippen LogP contribution in [-0.2, 0) is 20.7 Å². The van der Waals surface area contributed by atoms with Crippen LogP contribution in [0, 0.1) is 0 Å². The quantitative estimate of drug-likeness (QED) is 0.672. The number of anilines is 2. The third kappa shape index (κ3) is 4.87. The molecule has 7 heteroatoms. The SMILES string of the molecule is C[C@H](CCc1ccccc1)NC(=O)COC(=O)c1ccc2c(c1)NC(=O)[C@@H]1CCCN21. The van der Waals surface area contributed by atoms with Gasteiger partial charge in [0.05, 0.1) is 16.9 Å². The largest absolute Gasteiger partial charge is 0.452 e. The Morgan fingerprint density at radius 2 is 2.03 bits per heavy atom. The molecule has 4 rings (SSSR count). The maximum absolute atomic E-state index is 12.4. The molecule has 2 aliphatic heterocycles. The summed E-state index contributed by atoms with van der Waals surface area (Å²) in [7, 11) is 0. The fraction of sp³-hybridized carbons (Fsp3) is 0.375. The van der Waals surface area contributed by atoms with Crippen LogP contribution in [0.5, 0.6) is 0 Å². The first-order chi connectivity index (χ1) is 15.0. The van der Waals surface area contributed by atoms with Crippen molar-refractivity contribution in [2.45, 2.75) is 44.7 Å². The van der Waals surface area contributed by atoms with Gasteiger partial charge < -0.3 is 20.3 Å². The second-order valence-corrected chi connectivity index (χ2v) is 8.14. The van der Waals surface area contributed by atoms with Gasteiger partial charge in [0.15, 0.2) is 6.61 Å². The van der Waals surface area contributed by atoms with Gasteiger partial charge in [0.1, 0.15) is 6.04 Å². The number of amides is 2. The summed E-state index contributed by atoms with van der Waals surface area (Å²) in [4.78, 5) is 38.9. The highest BCUT2D eigenvalue weighted by molar-refractivity contribution is 6.05. The van der Waals surface area contributed by atoms with Gasteiger partial charge in [0.25, 0.3) is 5.91 Å². The van der Waals surface area contributed by atoms with Crippen LogP contribution in [0.1, 0.15) is 42.1 Å². The van der Waals surface area contributed by atoms with Crippen LogP contribution in [-0.4, -0.2) is 43.0 Å². The second-order valence-electron chi connectivity index (χ2n) is 8.14. The van der Waals surface area contributed by atoms with Crippen molar-refractivity contribution in [1.29, 1.82) is 0 Å². The van der Waals surface area contributed by atoms with E-state index in [0.717, 1.165) is 37.9 Å². The maximum atomic E-state index is 12.4. The molecule has 2 aromatic carbocycles. The van der Waals surface area contributed by atoms with Crippen LogP contribution >= 0.6 is 0 Å². The molecule has 2 aromatic rings. The zero-order valence-corrected chi connectivity index (χ0v) is 17.6. The number of rotatable bonds is 7. The van der Waals surface area contributed by atoms with Gasteiger partial charge in [0, 0.05) is 12.6 Å². The molecule has 0 saturated carbocycles. The van der Waals surface area contributed by atoms with Gasteiger partial charge in [0.2, 0.25) is 5.91 Å². The standard InChI is InChI=1S/C24H27N3O4/c1-16(9-10-17-6-3-2-4-7-17)25-22(28)15-31-24(30)18-11-12-20-19(14-18)26-23(29)21-8-5-13-27(20)21/h2-4,6-7,11-12,14,16,21H,5,8-10,13,15H2,1H3,(H,25,28)(H,26,29)/t16-,21+/m1/s1. The lowest BCUT2D eigenvalue weighted by molar-refractivity contribution is -0.124. The van der Waals surface area contributed by atoms with Gasteiger partial charge in [-0.15, -0.1) is 0 Å². The van der Waals surface area contributed by atoms with Crippen LogP contribution in [0.15, 0.2) is 48.5 Å². The molecule has 1 fully saturated rings. The van der Waals surface area contributed by atoms with Crippen molar-refractivity contribution in [2.24, 2.45) is 0 Å². The number of ether oxygens (including phenoxy) is 1. The van der Waals surface area contributed by atoms with Crippen molar-refractivity contribution in [2.75, 3.05) is 23.4 Å². The molecule has 0 radical (unpaired) electrons. The summed E-state index contributed by atoms with van der Waals surface area (Å²) in [5, 5.41) is 5.74. The third-order valence-corrected chi connectivity index (χ3v) is 5.81. The Bertz CT molecular complexity index is 976. The molecule has 0 aromatic heterocycles. The van der Waals surface area contributed by atoms with Crippen molar-refractivity contribution in [3.05, 3.63) is 59.7 Å². The molecule has 2 atom stereocenters. The highest BCUT2D eigenvalue weighted by atomic mass is 16.5. The molecule has 0 unspecified atom stereocenters. The summed E-state index contributed by atoms with van der Waals surface area (Å²) in [6, 6.07) is 15.0. The Morgan fingerprint density at radius 3 is 2.84 bits per heavy atom. The fourth-order valence-corrected chi connectivity index (χ4v) is 4.19. The van der Waals surface area contributed by atoms with Gasteiger partial charge in [-0.25, -0.2) is 4.79 Å². The first-order valence-corrected chi connectivity index (χ1v) is 10.7. The Balaban J connectivity index is 1.27. The van der Waals surface area contributed by atoms with Crippen LogP contribution < -0.4 is 15.5 Å². The van der Waals surface area contributed by atoms with Gasteiger partial charge in [-0.05, 0) is 56.4 Å². The van der Waals surface area contributed by atoms with Gasteiger partial charge >= 0.3 is 5.97 Å². The van der Waals surface area contributed by atoms with Crippen molar-refractivity contribution in [3.63, 3.8) is 0 Å². The van der Waals surface area contributed by atoms with Crippen LogP contribution in [0.2, 0.25) is 0 Å². The predicted octanol–water partition coefficient (Wildman–Crippen LogP) is 2.90. The summed E-state index contributed by atoms with van der Waals surface area (Å²) in [5.41, 5.74) is 3.05. The first kappa shape index (κ1) is 20.9. The number of esters is 1. The number of hydrogen-bond acceptors (Lipinski definition) is 5. The first-order valence-electron chi connectivity index (χ1n) is 10.7. The minimum Gasteiger partial charge on any atom is -0.452 e. The molecule has 2 amide bonds. The summed E-state index contributed by atoms with van der Waals surface area (Å²) in [6.07, 6.45) is 3.47. The zero-order valence-electron chi connectivity index (χ0n) is 17.6. The third-order valence-electron chi connectivity index (χ3n) is 5.81. The fourth-order valence-electron chi connectivity index (χ4n) is 4.19. The van der Waals surface area contributed by atoms with Crippen LogP contribution in [0.4, 0.5) is 11.4 Å². The summed E-state index contributed by atoms with van der Waals surface area (Å²) < 4.78 is 5.18. The highest BCUT2D eigenvalue weighted by Crippen LogP contribution is 2.37. The number of fused-ring (bicyclic) bond motifs is 3. The zero-order chi connectivity index (χ0) is 21.8. The lowest BCUT2D eigenvalue weighted by Gasteiger charge is -2.33. The monoisotopic (exact) mass is 421 g/mol. The number of aryl methyl sites for hydroxylation is 1.